The molecule has 3 aliphatic carbocycles. The van der Waals surface area contributed by atoms with Gasteiger partial charge in [-0.25, -0.2) is 9.37 Å². The Morgan fingerprint density at radius 3 is 2.62 bits per heavy atom. The highest BCUT2D eigenvalue weighted by Gasteiger charge is 2.77. The number of ether oxygens (including phenoxy) is 1. The number of hydrogen-bond donors (Lipinski definition) is 3. The lowest BCUT2D eigenvalue weighted by Crippen LogP contribution is -2.72. The lowest BCUT2D eigenvalue weighted by atomic mass is 9.51. The van der Waals surface area contributed by atoms with Crippen LogP contribution in [0, 0.1) is 17.3 Å². The molecule has 3 N–H and O–H groups in total. The predicted octanol–water partition coefficient (Wildman–Crippen LogP) is 4.22. The van der Waals surface area contributed by atoms with Crippen LogP contribution in [0.1, 0.15) is 57.4 Å². The summed E-state index contributed by atoms with van der Waals surface area (Å²) in [4.78, 5) is 6.03. The summed E-state index contributed by atoms with van der Waals surface area (Å²) < 4.78 is 24.3. The van der Waals surface area contributed by atoms with Crippen LogP contribution in [0.5, 0.6) is 5.88 Å². The van der Waals surface area contributed by atoms with Crippen LogP contribution >= 0.6 is 0 Å². The molecule has 7 rings (SSSR count). The van der Waals surface area contributed by atoms with E-state index in [2.05, 4.69) is 30.1 Å². The zero-order chi connectivity index (χ0) is 26.0. The molecule has 2 spiro atoms. The summed E-state index contributed by atoms with van der Waals surface area (Å²) >= 11 is 0. The first-order valence-corrected chi connectivity index (χ1v) is 13.7. The Morgan fingerprint density at radius 2 is 1.84 bits per heavy atom. The van der Waals surface area contributed by atoms with Crippen molar-refractivity contribution in [2.45, 2.75) is 87.0 Å². The van der Waals surface area contributed by atoms with Crippen LogP contribution in [-0.2, 0) is 4.74 Å². The van der Waals surface area contributed by atoms with Crippen molar-refractivity contribution in [3.63, 3.8) is 0 Å². The molecule has 6 nitrogen and oxygen atoms in total. The number of aliphatic hydroxyl groups is 2. The third-order valence-electron chi connectivity index (χ3n) is 11.2. The number of allylic oxidation sites excluding steroid dienone is 2. The fourth-order valence-electron chi connectivity index (χ4n) is 9.31. The molecule has 9 atom stereocenters. The molecular formula is C30H37FN2O4. The lowest BCUT2D eigenvalue weighted by Gasteiger charge is -2.64. The molecule has 1 aromatic heterocycles. The largest absolute Gasteiger partial charge is 0.493 e. The summed E-state index contributed by atoms with van der Waals surface area (Å²) in [6, 6.07) is 7.71. The number of aromatic hydroxyl groups is 1. The van der Waals surface area contributed by atoms with E-state index >= 15 is 4.39 Å². The standard InChI is InChI=1S/C30H37FN2O4/c1-27-8-10-29(31)14-21-25(35)26(36)22(33(2)3)15-28(21)9-11-30(29,37-28)23(27)7-6-20(27)18-5-4-17-13-24(34)32-16-19(17)12-18/h4-6,12-13,16,21-23,25-26,35-36H,7-11,14-15H2,1-3H3,(H,32,34)/t21?,22-,23?,25+,26+,27+,28+,29?,30-/m0/s1. The molecule has 1 aromatic carbocycles. The van der Waals surface area contributed by atoms with Crippen molar-refractivity contribution in [3.8, 4) is 5.88 Å². The third-order valence-corrected chi connectivity index (χ3v) is 11.2. The summed E-state index contributed by atoms with van der Waals surface area (Å²) in [5, 5.41) is 33.7. The minimum Gasteiger partial charge on any atom is -0.493 e. The average molecular weight is 509 g/mol. The predicted molar refractivity (Wildman–Crippen MR) is 139 cm³/mol. The maximum Gasteiger partial charge on any atom is 0.211 e. The molecular weight excluding hydrogens is 471 g/mol. The van der Waals surface area contributed by atoms with Crippen molar-refractivity contribution < 1.29 is 24.4 Å². The van der Waals surface area contributed by atoms with Gasteiger partial charge >= 0.3 is 0 Å². The van der Waals surface area contributed by atoms with Crippen LogP contribution in [0.3, 0.4) is 0 Å². The first-order chi connectivity index (χ1) is 17.5. The Labute approximate surface area is 217 Å². The number of likely N-dealkylation sites (N-methyl/N-ethyl adjacent to an activating group) is 1. The number of fused-ring (bicyclic) bond motifs is 2. The minimum atomic E-state index is -1.51. The quantitative estimate of drug-likeness (QED) is 0.563. The van der Waals surface area contributed by atoms with E-state index < -0.39 is 29.1 Å². The Bertz CT molecular complexity index is 1320. The molecule has 0 radical (unpaired) electrons. The van der Waals surface area contributed by atoms with Gasteiger partial charge in [-0.15, -0.1) is 0 Å². The summed E-state index contributed by atoms with van der Waals surface area (Å²) in [6.45, 7) is 2.28. The molecule has 2 aliphatic heterocycles. The molecule has 5 aliphatic rings. The first-order valence-electron chi connectivity index (χ1n) is 13.7. The zero-order valence-electron chi connectivity index (χ0n) is 21.8. The van der Waals surface area contributed by atoms with Crippen molar-refractivity contribution in [2.24, 2.45) is 17.3 Å². The number of benzene rings is 1. The topological polar surface area (TPSA) is 86.1 Å². The SMILES string of the molecule is CN(C)[C@H]1C[C@@]23CC[C@]4(O2)C2CC=C(c5ccc6cc(O)ncc6c5)[C@@]2(C)CCC4(F)CC3[C@@H](O)[C@@H]1O. The van der Waals surface area contributed by atoms with Gasteiger partial charge in [-0.05, 0) is 87.0 Å². The second-order valence-corrected chi connectivity index (χ2v) is 13.0. The molecule has 37 heavy (non-hydrogen) atoms. The monoisotopic (exact) mass is 508 g/mol. The van der Waals surface area contributed by atoms with Crippen LogP contribution in [-0.4, -0.2) is 74.4 Å². The van der Waals surface area contributed by atoms with Gasteiger partial charge < -0.3 is 25.0 Å². The lowest BCUT2D eigenvalue weighted by molar-refractivity contribution is -0.314. The molecule has 3 heterocycles. The number of aromatic nitrogens is 1. The normalized spacial score (nSPS) is 46.5. The van der Waals surface area contributed by atoms with Gasteiger partial charge in [-0.3, -0.25) is 0 Å². The van der Waals surface area contributed by atoms with E-state index in [9.17, 15) is 15.3 Å². The highest BCUT2D eigenvalue weighted by Crippen LogP contribution is 2.72. The fraction of sp³-hybridized carbons (Fsp3) is 0.633. The van der Waals surface area contributed by atoms with Gasteiger partial charge in [0.2, 0.25) is 5.88 Å². The average Bonchev–Trinajstić information content (AvgIpc) is 3.39. The Kier molecular flexibility index (Phi) is 4.89. The number of halogens is 1. The number of rotatable bonds is 2. The molecule has 3 unspecified atom stereocenters. The summed E-state index contributed by atoms with van der Waals surface area (Å²) in [6.07, 6.45) is 6.26. The molecule has 7 heteroatoms. The highest BCUT2D eigenvalue weighted by molar-refractivity contribution is 5.87. The van der Waals surface area contributed by atoms with Crippen LogP contribution in [0.2, 0.25) is 0 Å². The van der Waals surface area contributed by atoms with Gasteiger partial charge in [0.05, 0.1) is 17.8 Å². The van der Waals surface area contributed by atoms with Gasteiger partial charge in [0.15, 0.2) is 0 Å². The molecule has 2 bridgehead atoms. The third kappa shape index (κ3) is 2.97. The molecule has 2 saturated carbocycles. The summed E-state index contributed by atoms with van der Waals surface area (Å²) in [5.41, 5.74) is -0.834. The molecule has 0 amide bonds. The molecule has 4 fully saturated rings. The number of pyridine rings is 1. The van der Waals surface area contributed by atoms with Crippen molar-refractivity contribution in [1.82, 2.24) is 9.88 Å². The maximum atomic E-state index is 17.2. The van der Waals surface area contributed by atoms with Crippen LogP contribution in [0.25, 0.3) is 16.3 Å². The number of alkyl halides is 1. The second-order valence-electron chi connectivity index (χ2n) is 13.0. The van der Waals surface area contributed by atoms with E-state index in [-0.39, 0.29) is 35.6 Å². The number of nitrogens with zero attached hydrogens (tertiary/aromatic N) is 2. The molecule has 198 valence electrons. The van der Waals surface area contributed by atoms with Crippen molar-refractivity contribution in [1.29, 1.82) is 0 Å². The summed E-state index contributed by atoms with van der Waals surface area (Å²) in [7, 11) is 3.85. The van der Waals surface area contributed by atoms with Crippen molar-refractivity contribution in [3.05, 3.63) is 42.1 Å². The van der Waals surface area contributed by atoms with E-state index in [1.165, 1.54) is 5.57 Å². The van der Waals surface area contributed by atoms with E-state index in [1.807, 2.05) is 25.1 Å². The van der Waals surface area contributed by atoms with E-state index in [1.54, 1.807) is 12.3 Å². The maximum absolute atomic E-state index is 17.2. The van der Waals surface area contributed by atoms with Crippen LogP contribution < -0.4 is 0 Å². The Balaban J connectivity index is 1.26. The minimum absolute atomic E-state index is 0.0118. The molecule has 2 saturated heterocycles. The number of hydrogen-bond acceptors (Lipinski definition) is 6. The van der Waals surface area contributed by atoms with Gasteiger partial charge in [-0.1, -0.05) is 25.1 Å². The second kappa shape index (κ2) is 7.53. The first kappa shape index (κ1) is 24.0. The van der Waals surface area contributed by atoms with Gasteiger partial charge in [0.1, 0.15) is 11.3 Å². The summed E-state index contributed by atoms with van der Waals surface area (Å²) in [5.74, 6) is -0.357. The Morgan fingerprint density at radius 1 is 1.03 bits per heavy atom. The van der Waals surface area contributed by atoms with E-state index in [0.717, 1.165) is 35.6 Å². The highest BCUT2D eigenvalue weighted by atomic mass is 19.1. The number of aliphatic hydroxyl groups excluding tert-OH is 2. The van der Waals surface area contributed by atoms with Gasteiger partial charge in [0, 0.05) is 35.5 Å². The van der Waals surface area contributed by atoms with Crippen LogP contribution in [0.15, 0.2) is 36.5 Å². The smallest absolute Gasteiger partial charge is 0.211 e. The molecule has 2 aromatic rings. The fourth-order valence-corrected chi connectivity index (χ4v) is 9.31. The van der Waals surface area contributed by atoms with Gasteiger partial charge in [-0.2, -0.15) is 0 Å². The van der Waals surface area contributed by atoms with Crippen LogP contribution in [0.4, 0.5) is 4.39 Å². The van der Waals surface area contributed by atoms with E-state index in [4.69, 9.17) is 4.74 Å². The van der Waals surface area contributed by atoms with E-state index in [0.29, 0.717) is 19.3 Å². The van der Waals surface area contributed by atoms with Gasteiger partial charge in [0.25, 0.3) is 0 Å². The van der Waals surface area contributed by atoms with Crippen molar-refractivity contribution >= 4 is 16.3 Å². The van der Waals surface area contributed by atoms with Crippen molar-refractivity contribution in [2.75, 3.05) is 14.1 Å². The zero-order valence-corrected chi connectivity index (χ0v) is 21.8. The Hall–Kier alpha value is -2.06.